The number of hydrogen-bond acceptors (Lipinski definition) is 3. The Hall–Kier alpha value is -1.86. The summed E-state index contributed by atoms with van der Waals surface area (Å²) in [5, 5.41) is 11.5. The van der Waals surface area contributed by atoms with Gasteiger partial charge in [-0.2, -0.15) is 0 Å². The van der Waals surface area contributed by atoms with Crippen LogP contribution in [-0.2, 0) is 0 Å². The Balaban J connectivity index is 2.75. The Labute approximate surface area is 107 Å². The molecule has 4 nitrogen and oxygen atoms in total. The molecule has 1 aromatic heterocycles. The van der Waals surface area contributed by atoms with Crippen molar-refractivity contribution in [2.75, 3.05) is 13.2 Å². The van der Waals surface area contributed by atoms with E-state index in [0.29, 0.717) is 24.1 Å². The highest BCUT2D eigenvalue weighted by molar-refractivity contribution is 5.96. The maximum atomic E-state index is 11.9. The van der Waals surface area contributed by atoms with Crippen molar-refractivity contribution in [1.29, 1.82) is 0 Å². The second kappa shape index (κ2) is 8.26. The second-order valence-electron chi connectivity index (χ2n) is 3.81. The van der Waals surface area contributed by atoms with Gasteiger partial charge < -0.3 is 10.4 Å². The molecule has 1 rings (SSSR count). The number of aliphatic hydroxyl groups is 1. The number of unbranched alkanes of at least 4 members (excludes halogenated alkanes) is 1. The summed E-state index contributed by atoms with van der Waals surface area (Å²) in [6, 6.07) is 1.66. The van der Waals surface area contributed by atoms with Gasteiger partial charge in [0.05, 0.1) is 17.7 Å². The third-order valence-corrected chi connectivity index (χ3v) is 2.34. The topological polar surface area (TPSA) is 62.2 Å². The minimum Gasteiger partial charge on any atom is -0.395 e. The molecular weight excluding hydrogens is 228 g/mol. The van der Waals surface area contributed by atoms with E-state index in [1.54, 1.807) is 18.5 Å². The van der Waals surface area contributed by atoms with Crippen LogP contribution in [-0.4, -0.2) is 29.1 Å². The van der Waals surface area contributed by atoms with Gasteiger partial charge in [0.15, 0.2) is 0 Å². The van der Waals surface area contributed by atoms with Crippen molar-refractivity contribution in [2.24, 2.45) is 0 Å². The van der Waals surface area contributed by atoms with Gasteiger partial charge in [0.1, 0.15) is 0 Å². The first-order valence-electron chi connectivity index (χ1n) is 6.11. The molecule has 0 saturated heterocycles. The summed E-state index contributed by atoms with van der Waals surface area (Å²) in [6.45, 7) is 2.76. The van der Waals surface area contributed by atoms with Gasteiger partial charge in [-0.15, -0.1) is 0 Å². The number of pyridine rings is 1. The van der Waals surface area contributed by atoms with E-state index in [0.717, 1.165) is 12.8 Å². The van der Waals surface area contributed by atoms with Crippen LogP contribution in [0.1, 0.15) is 42.1 Å². The molecule has 1 heterocycles. The first-order valence-corrected chi connectivity index (χ1v) is 6.11. The molecule has 96 valence electrons. The summed E-state index contributed by atoms with van der Waals surface area (Å²) in [4.78, 5) is 15.9. The first kappa shape index (κ1) is 14.2. The summed E-state index contributed by atoms with van der Waals surface area (Å²) in [6.07, 6.45) is 5.54. The average Bonchev–Trinajstić information content (AvgIpc) is 2.40. The molecule has 0 unspecified atom stereocenters. The maximum absolute atomic E-state index is 11.9. The number of aliphatic hydroxyl groups excluding tert-OH is 1. The molecule has 0 fully saturated rings. The number of aromatic nitrogens is 1. The van der Waals surface area contributed by atoms with E-state index in [1.807, 2.05) is 0 Å². The Morgan fingerprint density at radius 2 is 2.39 bits per heavy atom. The number of amides is 1. The fraction of sp³-hybridized carbons (Fsp3) is 0.429. The van der Waals surface area contributed by atoms with E-state index in [-0.39, 0.29) is 12.5 Å². The molecule has 0 spiro atoms. The van der Waals surface area contributed by atoms with E-state index >= 15 is 0 Å². The Kier molecular flexibility index (Phi) is 6.52. The molecule has 0 aliphatic rings. The second-order valence-corrected chi connectivity index (χ2v) is 3.81. The van der Waals surface area contributed by atoms with Gasteiger partial charge in [0, 0.05) is 25.4 Å². The normalized spacial score (nSPS) is 9.44. The van der Waals surface area contributed by atoms with Gasteiger partial charge >= 0.3 is 0 Å². The van der Waals surface area contributed by atoms with Gasteiger partial charge in [-0.1, -0.05) is 25.2 Å². The van der Waals surface area contributed by atoms with Crippen molar-refractivity contribution in [2.45, 2.75) is 26.2 Å². The van der Waals surface area contributed by atoms with Crippen LogP contribution in [0.15, 0.2) is 18.5 Å². The van der Waals surface area contributed by atoms with Crippen molar-refractivity contribution in [3.8, 4) is 11.8 Å². The number of carbonyl (C=O) groups excluding carboxylic acids is 1. The Morgan fingerprint density at radius 3 is 3.11 bits per heavy atom. The Bertz CT molecular complexity index is 447. The zero-order valence-electron chi connectivity index (χ0n) is 10.6. The van der Waals surface area contributed by atoms with Crippen LogP contribution in [0.2, 0.25) is 0 Å². The molecule has 1 amide bonds. The summed E-state index contributed by atoms with van der Waals surface area (Å²) >= 11 is 0. The van der Waals surface area contributed by atoms with Crippen LogP contribution >= 0.6 is 0 Å². The molecule has 0 bridgehead atoms. The number of hydrogen-bond donors (Lipinski definition) is 2. The first-order chi connectivity index (χ1) is 8.79. The third kappa shape index (κ3) is 4.56. The molecule has 0 aliphatic carbocycles. The molecule has 18 heavy (non-hydrogen) atoms. The van der Waals surface area contributed by atoms with Crippen LogP contribution in [0.25, 0.3) is 0 Å². The highest BCUT2D eigenvalue weighted by atomic mass is 16.2. The smallest absolute Gasteiger partial charge is 0.252 e. The molecular formula is C14H18N2O2. The lowest BCUT2D eigenvalue weighted by atomic mass is 10.1. The minimum absolute atomic E-state index is 0.0191. The quantitative estimate of drug-likeness (QED) is 0.609. The van der Waals surface area contributed by atoms with Crippen molar-refractivity contribution in [1.82, 2.24) is 10.3 Å². The van der Waals surface area contributed by atoms with Gasteiger partial charge in [0.25, 0.3) is 5.91 Å². The van der Waals surface area contributed by atoms with Gasteiger partial charge in [-0.25, -0.2) is 0 Å². The average molecular weight is 246 g/mol. The molecule has 0 aromatic carbocycles. The minimum atomic E-state index is -0.126. The SMILES string of the molecule is CCCCNC(=O)c1ccncc1C#CCCO. The van der Waals surface area contributed by atoms with Crippen LogP contribution in [0.5, 0.6) is 0 Å². The zero-order chi connectivity index (χ0) is 13.2. The van der Waals surface area contributed by atoms with Crippen LogP contribution in [0.4, 0.5) is 0 Å². The van der Waals surface area contributed by atoms with E-state index in [9.17, 15) is 4.79 Å². The molecule has 4 heteroatoms. The Morgan fingerprint density at radius 1 is 1.56 bits per heavy atom. The highest BCUT2D eigenvalue weighted by Gasteiger charge is 2.08. The van der Waals surface area contributed by atoms with Gasteiger partial charge in [0.2, 0.25) is 0 Å². The van der Waals surface area contributed by atoms with E-state index in [2.05, 4.69) is 29.1 Å². The van der Waals surface area contributed by atoms with E-state index < -0.39 is 0 Å². The molecule has 2 N–H and O–H groups in total. The van der Waals surface area contributed by atoms with Gasteiger partial charge in [-0.3, -0.25) is 9.78 Å². The van der Waals surface area contributed by atoms with Crippen molar-refractivity contribution in [3.63, 3.8) is 0 Å². The lowest BCUT2D eigenvalue weighted by Crippen LogP contribution is -2.25. The molecule has 1 aromatic rings. The molecule has 0 atom stereocenters. The molecule has 0 radical (unpaired) electrons. The van der Waals surface area contributed by atoms with Crippen molar-refractivity contribution < 1.29 is 9.90 Å². The molecule has 0 saturated carbocycles. The number of nitrogens with one attached hydrogen (secondary N) is 1. The zero-order valence-corrected chi connectivity index (χ0v) is 10.6. The summed E-state index contributed by atoms with van der Waals surface area (Å²) in [5.74, 6) is 5.52. The molecule has 0 aliphatic heterocycles. The van der Waals surface area contributed by atoms with Crippen LogP contribution in [0.3, 0.4) is 0 Å². The number of rotatable bonds is 5. The maximum Gasteiger partial charge on any atom is 0.252 e. The largest absolute Gasteiger partial charge is 0.395 e. The predicted octanol–water partition coefficient (Wildman–Crippen LogP) is 1.35. The lowest BCUT2D eigenvalue weighted by Gasteiger charge is -2.05. The number of nitrogens with zero attached hydrogens (tertiary/aromatic N) is 1. The summed E-state index contributed by atoms with van der Waals surface area (Å²) in [7, 11) is 0. The van der Waals surface area contributed by atoms with Crippen molar-refractivity contribution in [3.05, 3.63) is 29.6 Å². The summed E-state index contributed by atoms with van der Waals surface area (Å²) < 4.78 is 0. The standard InChI is InChI=1S/C14H18N2O2/c1-2-3-8-16-14(18)13-7-9-15-11-12(13)6-4-5-10-17/h7,9,11,17H,2-3,5,8,10H2,1H3,(H,16,18). The van der Waals surface area contributed by atoms with E-state index in [1.165, 1.54) is 0 Å². The third-order valence-electron chi connectivity index (χ3n) is 2.34. The fourth-order valence-corrected chi connectivity index (χ4v) is 1.38. The number of carbonyl (C=O) groups is 1. The highest BCUT2D eigenvalue weighted by Crippen LogP contribution is 2.05. The lowest BCUT2D eigenvalue weighted by molar-refractivity contribution is 0.0953. The van der Waals surface area contributed by atoms with Crippen molar-refractivity contribution >= 4 is 5.91 Å². The summed E-state index contributed by atoms with van der Waals surface area (Å²) in [5.41, 5.74) is 1.13. The monoisotopic (exact) mass is 246 g/mol. The fourth-order valence-electron chi connectivity index (χ4n) is 1.38. The van der Waals surface area contributed by atoms with Crippen LogP contribution < -0.4 is 5.32 Å². The van der Waals surface area contributed by atoms with Crippen LogP contribution in [0, 0.1) is 11.8 Å². The van der Waals surface area contributed by atoms with E-state index in [4.69, 9.17) is 5.11 Å². The van der Waals surface area contributed by atoms with Gasteiger partial charge in [-0.05, 0) is 12.5 Å². The predicted molar refractivity (Wildman–Crippen MR) is 70.1 cm³/mol.